The van der Waals surface area contributed by atoms with E-state index in [0.717, 1.165) is 29.7 Å². The summed E-state index contributed by atoms with van der Waals surface area (Å²) in [6, 6.07) is 10.9. The Kier molecular flexibility index (Phi) is 7.33. The fraction of sp³-hybridized carbons (Fsp3) is 0.345. The summed E-state index contributed by atoms with van der Waals surface area (Å²) in [5, 5.41) is 13.0. The average Bonchev–Trinajstić information content (AvgIpc) is 3.27. The van der Waals surface area contributed by atoms with E-state index in [4.69, 9.17) is 4.98 Å². The van der Waals surface area contributed by atoms with Gasteiger partial charge in [-0.3, -0.25) is 4.98 Å². The molecule has 7 nitrogen and oxygen atoms in total. The maximum Gasteiger partial charge on any atom is 0.416 e. The van der Waals surface area contributed by atoms with E-state index < -0.39 is 11.7 Å². The van der Waals surface area contributed by atoms with Crippen molar-refractivity contribution < 1.29 is 13.2 Å². The van der Waals surface area contributed by atoms with Crippen LogP contribution in [0.4, 0.5) is 19.0 Å². The average molecular weight is 532 g/mol. The molecule has 4 aromatic rings. The van der Waals surface area contributed by atoms with Crippen LogP contribution in [0.2, 0.25) is 0 Å². The van der Waals surface area contributed by atoms with Gasteiger partial charge in [-0.25, -0.2) is 4.98 Å². The highest BCUT2D eigenvalue weighted by Gasteiger charge is 2.30. The number of fused-ring (bicyclic) bond motifs is 1. The quantitative estimate of drug-likeness (QED) is 0.267. The molecular weight excluding hydrogens is 503 g/mol. The molecule has 0 radical (unpaired) electrons. The zero-order valence-electron chi connectivity index (χ0n) is 21.8. The molecule has 0 aliphatic heterocycles. The molecule has 1 aromatic carbocycles. The molecule has 0 bridgehead atoms. The Morgan fingerprint density at radius 1 is 1.15 bits per heavy atom. The molecule has 10 heteroatoms. The van der Waals surface area contributed by atoms with E-state index in [2.05, 4.69) is 20.3 Å². The summed E-state index contributed by atoms with van der Waals surface area (Å²) in [5.41, 5.74) is 3.45. The van der Waals surface area contributed by atoms with Crippen molar-refractivity contribution in [3.63, 3.8) is 0 Å². The number of allylic oxidation sites excluding steroid dienone is 2. The van der Waals surface area contributed by atoms with E-state index in [1.165, 1.54) is 31.4 Å². The third-order valence-electron chi connectivity index (χ3n) is 7.27. The van der Waals surface area contributed by atoms with Crippen molar-refractivity contribution in [2.75, 3.05) is 11.9 Å². The number of halogens is 3. The smallest absolute Gasteiger partial charge is 0.368 e. The Balaban J connectivity index is 1.63. The third-order valence-corrected chi connectivity index (χ3v) is 7.27. The van der Waals surface area contributed by atoms with Gasteiger partial charge >= 0.3 is 6.18 Å². The molecule has 200 valence electrons. The predicted octanol–water partition coefficient (Wildman–Crippen LogP) is 6.85. The molecule has 5 rings (SSSR count). The molecule has 3 aromatic heterocycles. The summed E-state index contributed by atoms with van der Waals surface area (Å²) in [4.78, 5) is 18.1. The molecule has 0 amide bonds. The number of nitrogens with zero attached hydrogens (tertiary/aromatic N) is 6. The topological polar surface area (TPSA) is 92.3 Å². The summed E-state index contributed by atoms with van der Waals surface area (Å²) >= 11 is 0. The summed E-state index contributed by atoms with van der Waals surface area (Å²) in [5.74, 6) is 1.63. The minimum atomic E-state index is -4.42. The van der Waals surface area contributed by atoms with Crippen molar-refractivity contribution >= 4 is 22.6 Å². The van der Waals surface area contributed by atoms with Crippen molar-refractivity contribution in [1.29, 1.82) is 5.26 Å². The maximum absolute atomic E-state index is 13.2. The fourth-order valence-corrected chi connectivity index (χ4v) is 4.68. The first-order valence-electron chi connectivity index (χ1n) is 12.9. The van der Waals surface area contributed by atoms with Gasteiger partial charge in [-0.05, 0) is 67.2 Å². The van der Waals surface area contributed by atoms with Crippen LogP contribution in [-0.4, -0.2) is 31.0 Å². The Morgan fingerprint density at radius 2 is 1.92 bits per heavy atom. The van der Waals surface area contributed by atoms with Crippen molar-refractivity contribution in [3.8, 4) is 17.6 Å². The number of aromatic nitrogens is 5. The molecule has 1 N–H and O–H groups in total. The zero-order valence-corrected chi connectivity index (χ0v) is 21.8. The molecule has 1 saturated carbocycles. The van der Waals surface area contributed by atoms with E-state index in [-0.39, 0.29) is 12.4 Å². The van der Waals surface area contributed by atoms with Gasteiger partial charge in [0.15, 0.2) is 17.3 Å². The Bertz CT molecular complexity index is 1560. The second kappa shape index (κ2) is 10.8. The van der Waals surface area contributed by atoms with Gasteiger partial charge in [0.2, 0.25) is 5.82 Å². The molecule has 0 saturated heterocycles. The van der Waals surface area contributed by atoms with Gasteiger partial charge in [-0.15, -0.1) is 0 Å². The molecule has 1 aliphatic rings. The summed E-state index contributed by atoms with van der Waals surface area (Å²) < 4.78 is 41.4. The van der Waals surface area contributed by atoms with Crippen LogP contribution in [-0.2, 0) is 12.7 Å². The number of nitriles is 1. The number of hydrogen-bond acceptors (Lipinski definition) is 6. The highest BCUT2D eigenvalue weighted by Crippen LogP contribution is 2.33. The monoisotopic (exact) mass is 531 g/mol. The van der Waals surface area contributed by atoms with Gasteiger partial charge in [0, 0.05) is 19.3 Å². The van der Waals surface area contributed by atoms with E-state index >= 15 is 0 Å². The largest absolute Gasteiger partial charge is 0.416 e. The van der Waals surface area contributed by atoms with Crippen molar-refractivity contribution in [2.24, 2.45) is 5.92 Å². The lowest BCUT2D eigenvalue weighted by Crippen LogP contribution is -2.17. The highest BCUT2D eigenvalue weighted by atomic mass is 19.4. The lowest BCUT2D eigenvalue weighted by Gasteiger charge is -2.25. The number of pyridine rings is 1. The first kappa shape index (κ1) is 26.4. The van der Waals surface area contributed by atoms with Gasteiger partial charge in [0.1, 0.15) is 17.3 Å². The second-order valence-corrected chi connectivity index (χ2v) is 9.81. The first-order valence-corrected chi connectivity index (χ1v) is 12.9. The van der Waals surface area contributed by atoms with Crippen LogP contribution < -0.4 is 5.32 Å². The third kappa shape index (κ3) is 5.62. The lowest BCUT2D eigenvalue weighted by atomic mass is 9.83. The number of anilines is 1. The highest BCUT2D eigenvalue weighted by molar-refractivity contribution is 5.87. The Hall–Kier alpha value is -4.26. The van der Waals surface area contributed by atoms with Crippen molar-refractivity contribution in [1.82, 2.24) is 24.5 Å². The number of imidazole rings is 1. The standard InChI is InChI=1S/C29H28F3N7/c1-3-18(2)21-12-14-34-23(15-21)28-38-27-25(39(28)17-20-7-9-22(10-8-20)29(30,31)32)26(36-24(16-33)37-27)35-13-11-19-5-4-6-19/h3,7-10,12,14-15,19H,4-6,11,13,17H2,1-2H3,(H,35,36,37)/b18-3+. The minimum Gasteiger partial charge on any atom is -0.368 e. The van der Waals surface area contributed by atoms with Gasteiger partial charge in [0.05, 0.1) is 5.56 Å². The summed E-state index contributed by atoms with van der Waals surface area (Å²) in [6.07, 6.45) is 3.95. The van der Waals surface area contributed by atoms with E-state index in [0.29, 0.717) is 46.5 Å². The van der Waals surface area contributed by atoms with Gasteiger partial charge < -0.3 is 9.88 Å². The lowest BCUT2D eigenvalue weighted by molar-refractivity contribution is -0.137. The maximum atomic E-state index is 13.2. The summed E-state index contributed by atoms with van der Waals surface area (Å²) in [6.45, 7) is 4.84. The Labute approximate surface area is 224 Å². The van der Waals surface area contributed by atoms with Crippen molar-refractivity contribution in [2.45, 2.75) is 52.3 Å². The molecule has 0 atom stereocenters. The van der Waals surface area contributed by atoms with E-state index in [1.807, 2.05) is 42.7 Å². The fourth-order valence-electron chi connectivity index (χ4n) is 4.68. The van der Waals surface area contributed by atoms with Crippen LogP contribution in [0.15, 0.2) is 48.7 Å². The number of hydrogen-bond donors (Lipinski definition) is 1. The number of rotatable bonds is 8. The number of alkyl halides is 3. The van der Waals surface area contributed by atoms with E-state index in [9.17, 15) is 18.4 Å². The predicted molar refractivity (Wildman–Crippen MR) is 144 cm³/mol. The van der Waals surface area contributed by atoms with Crippen LogP contribution in [0.3, 0.4) is 0 Å². The van der Waals surface area contributed by atoms with Crippen LogP contribution in [0.5, 0.6) is 0 Å². The van der Waals surface area contributed by atoms with Crippen LogP contribution >= 0.6 is 0 Å². The first-order chi connectivity index (χ1) is 18.8. The van der Waals surface area contributed by atoms with E-state index in [1.54, 1.807) is 6.20 Å². The SMILES string of the molecule is C/C=C(\C)c1ccnc(-c2nc3nc(C#N)nc(NCCC4CCC4)c3n2Cc2ccc(C(F)(F)F)cc2)c1. The molecule has 0 spiro atoms. The minimum absolute atomic E-state index is 0.00848. The zero-order chi connectivity index (χ0) is 27.6. The molecule has 0 unspecified atom stereocenters. The molecule has 39 heavy (non-hydrogen) atoms. The molecule has 1 aliphatic carbocycles. The normalized spacial score (nSPS) is 14.3. The molecular formula is C29H28F3N7. The molecule has 3 heterocycles. The van der Waals surface area contributed by atoms with Gasteiger partial charge in [-0.2, -0.15) is 28.4 Å². The summed E-state index contributed by atoms with van der Waals surface area (Å²) in [7, 11) is 0. The van der Waals surface area contributed by atoms with Crippen LogP contribution in [0.25, 0.3) is 28.3 Å². The van der Waals surface area contributed by atoms with Crippen molar-refractivity contribution in [3.05, 3.63) is 71.2 Å². The molecule has 1 fully saturated rings. The number of nitrogens with one attached hydrogen (secondary N) is 1. The second-order valence-electron chi connectivity index (χ2n) is 9.81. The number of benzene rings is 1. The van der Waals surface area contributed by atoms with Crippen LogP contribution in [0.1, 0.15) is 62.0 Å². The Morgan fingerprint density at radius 3 is 2.56 bits per heavy atom. The van der Waals surface area contributed by atoms with Gasteiger partial charge in [-0.1, -0.05) is 37.5 Å². The van der Waals surface area contributed by atoms with Crippen LogP contribution in [0, 0.1) is 17.2 Å². The van der Waals surface area contributed by atoms with Gasteiger partial charge in [0.25, 0.3) is 0 Å².